The quantitative estimate of drug-likeness (QED) is 0.327. The molecule has 0 radical (unpaired) electrons. The Labute approximate surface area is 187 Å². The zero-order valence-electron chi connectivity index (χ0n) is 16.3. The molecule has 1 amide bonds. The topological polar surface area (TPSA) is 70.5 Å². The molecule has 1 fully saturated rings. The number of carbonyl (C=O) groups is 2. The summed E-state index contributed by atoms with van der Waals surface area (Å²) < 4.78 is 14.0. The molecule has 1 atom stereocenters. The van der Waals surface area contributed by atoms with Crippen LogP contribution in [0.15, 0.2) is 83.0 Å². The Hall–Kier alpha value is -3.32. The van der Waals surface area contributed by atoms with Crippen LogP contribution in [0, 0.1) is 5.82 Å². The summed E-state index contributed by atoms with van der Waals surface area (Å²) in [5.41, 5.74) is 1.75. The molecule has 0 aliphatic carbocycles. The summed E-state index contributed by atoms with van der Waals surface area (Å²) in [4.78, 5) is 31.6. The summed E-state index contributed by atoms with van der Waals surface area (Å²) >= 11 is 3.34. The largest absolute Gasteiger partial charge is 0.507 e. The summed E-state index contributed by atoms with van der Waals surface area (Å²) in [5, 5.41) is 11.0. The van der Waals surface area contributed by atoms with Gasteiger partial charge >= 0.3 is 0 Å². The number of amides is 1. The van der Waals surface area contributed by atoms with Crippen LogP contribution in [-0.4, -0.2) is 33.2 Å². The van der Waals surface area contributed by atoms with Crippen molar-refractivity contribution in [2.45, 2.75) is 12.5 Å². The van der Waals surface area contributed by atoms with E-state index in [2.05, 4.69) is 20.9 Å². The number of hydrogen-bond acceptors (Lipinski definition) is 4. The Balaban J connectivity index is 1.74. The minimum absolute atomic E-state index is 0.00475. The normalized spacial score (nSPS) is 17.9. The highest BCUT2D eigenvalue weighted by Crippen LogP contribution is 2.38. The predicted molar refractivity (Wildman–Crippen MR) is 117 cm³/mol. The van der Waals surface area contributed by atoms with E-state index in [4.69, 9.17) is 0 Å². The molecule has 1 N–H and O–H groups in total. The number of aliphatic hydroxyl groups is 1. The second-order valence-corrected chi connectivity index (χ2v) is 8.05. The standard InChI is InChI=1S/C24H18BrFN2O3/c25-17-8-6-16(7-9-17)22(29)20-21(19-3-1-2-13-27-19)28(24(31)23(20)30)14-12-15-4-10-18(26)11-5-15/h1-11,13,21,29H,12,14H2/b22-20-. The zero-order valence-corrected chi connectivity index (χ0v) is 17.9. The van der Waals surface area contributed by atoms with Crippen LogP contribution in [0.1, 0.15) is 22.9 Å². The van der Waals surface area contributed by atoms with Gasteiger partial charge in [0.2, 0.25) is 0 Å². The fourth-order valence-electron chi connectivity index (χ4n) is 3.62. The minimum atomic E-state index is -0.815. The first kappa shape index (κ1) is 20.9. The van der Waals surface area contributed by atoms with Crippen LogP contribution in [-0.2, 0) is 16.0 Å². The summed E-state index contributed by atoms with van der Waals surface area (Å²) in [6, 6.07) is 17.2. The molecule has 0 saturated carbocycles. The van der Waals surface area contributed by atoms with E-state index in [9.17, 15) is 19.1 Å². The van der Waals surface area contributed by atoms with Crippen molar-refractivity contribution in [3.05, 3.63) is 106 Å². The van der Waals surface area contributed by atoms with Gasteiger partial charge in [-0.25, -0.2) is 4.39 Å². The van der Waals surface area contributed by atoms with Crippen LogP contribution in [0.4, 0.5) is 4.39 Å². The molecule has 0 spiro atoms. The maximum absolute atomic E-state index is 13.2. The number of likely N-dealkylation sites (tertiary alicyclic amines) is 1. The van der Waals surface area contributed by atoms with E-state index in [1.807, 2.05) is 0 Å². The lowest BCUT2D eigenvalue weighted by Gasteiger charge is -2.24. The second kappa shape index (κ2) is 8.81. The van der Waals surface area contributed by atoms with Crippen molar-refractivity contribution in [2.75, 3.05) is 6.54 Å². The van der Waals surface area contributed by atoms with Crippen molar-refractivity contribution in [3.63, 3.8) is 0 Å². The molecular weight excluding hydrogens is 463 g/mol. The predicted octanol–water partition coefficient (Wildman–Crippen LogP) is 4.65. The van der Waals surface area contributed by atoms with E-state index in [1.54, 1.807) is 60.8 Å². The Morgan fingerprint density at radius 1 is 1.03 bits per heavy atom. The number of Topliss-reactive ketones (excluding diaryl/α,β-unsaturated/α-hetero) is 1. The van der Waals surface area contributed by atoms with Gasteiger partial charge in [0.05, 0.1) is 11.3 Å². The highest BCUT2D eigenvalue weighted by molar-refractivity contribution is 9.10. The zero-order chi connectivity index (χ0) is 22.0. The highest BCUT2D eigenvalue weighted by atomic mass is 79.9. The average molecular weight is 481 g/mol. The third-order valence-corrected chi connectivity index (χ3v) is 5.71. The molecule has 1 aliphatic rings. The summed E-state index contributed by atoms with van der Waals surface area (Å²) in [5.74, 6) is -2.04. The maximum atomic E-state index is 13.2. The minimum Gasteiger partial charge on any atom is -0.507 e. The van der Waals surface area contributed by atoms with Crippen LogP contribution in [0.3, 0.4) is 0 Å². The van der Waals surface area contributed by atoms with Crippen LogP contribution < -0.4 is 0 Å². The highest BCUT2D eigenvalue weighted by Gasteiger charge is 2.46. The maximum Gasteiger partial charge on any atom is 0.295 e. The summed E-state index contributed by atoms with van der Waals surface area (Å²) in [6.07, 6.45) is 2.00. The molecule has 1 aromatic heterocycles. The van der Waals surface area contributed by atoms with Crippen molar-refractivity contribution >= 4 is 33.4 Å². The van der Waals surface area contributed by atoms with Crippen LogP contribution in [0.25, 0.3) is 5.76 Å². The van der Waals surface area contributed by atoms with Gasteiger partial charge in [0.1, 0.15) is 17.6 Å². The van der Waals surface area contributed by atoms with Gasteiger partial charge in [-0.1, -0.05) is 46.3 Å². The van der Waals surface area contributed by atoms with E-state index in [-0.39, 0.29) is 23.7 Å². The molecule has 1 saturated heterocycles. The fourth-order valence-corrected chi connectivity index (χ4v) is 3.88. The fraction of sp³-hybridized carbons (Fsp3) is 0.125. The molecule has 156 valence electrons. The molecule has 1 aliphatic heterocycles. The van der Waals surface area contributed by atoms with Gasteiger partial charge in [-0.3, -0.25) is 14.6 Å². The third kappa shape index (κ3) is 4.27. The van der Waals surface area contributed by atoms with Crippen molar-refractivity contribution in [2.24, 2.45) is 0 Å². The number of nitrogens with zero attached hydrogens (tertiary/aromatic N) is 2. The first-order valence-corrected chi connectivity index (χ1v) is 10.4. The molecule has 0 bridgehead atoms. The van der Waals surface area contributed by atoms with E-state index >= 15 is 0 Å². The molecule has 1 unspecified atom stereocenters. The molecule has 5 nitrogen and oxygen atoms in total. The van der Waals surface area contributed by atoms with Gasteiger partial charge in [-0.15, -0.1) is 0 Å². The molecular formula is C24H18BrFN2O3. The van der Waals surface area contributed by atoms with E-state index in [0.29, 0.717) is 17.7 Å². The Morgan fingerprint density at radius 2 is 1.74 bits per heavy atom. The molecule has 2 heterocycles. The number of carbonyl (C=O) groups excluding carboxylic acids is 2. The number of hydrogen-bond donors (Lipinski definition) is 1. The van der Waals surface area contributed by atoms with Crippen LogP contribution in [0.5, 0.6) is 0 Å². The van der Waals surface area contributed by atoms with Crippen LogP contribution >= 0.6 is 15.9 Å². The van der Waals surface area contributed by atoms with Gasteiger partial charge in [0, 0.05) is 22.8 Å². The first-order valence-electron chi connectivity index (χ1n) is 9.65. The molecule has 31 heavy (non-hydrogen) atoms. The first-order chi connectivity index (χ1) is 15.0. The number of ketones is 1. The van der Waals surface area contributed by atoms with Gasteiger partial charge in [-0.05, 0) is 48.4 Å². The lowest BCUT2D eigenvalue weighted by molar-refractivity contribution is -0.139. The van der Waals surface area contributed by atoms with Gasteiger partial charge in [0.15, 0.2) is 0 Å². The van der Waals surface area contributed by atoms with Crippen LogP contribution in [0.2, 0.25) is 0 Å². The van der Waals surface area contributed by atoms with Gasteiger partial charge < -0.3 is 10.0 Å². The Bertz CT molecular complexity index is 1150. The van der Waals surface area contributed by atoms with Crippen molar-refractivity contribution < 1.29 is 19.1 Å². The number of halogens is 2. The smallest absolute Gasteiger partial charge is 0.295 e. The van der Waals surface area contributed by atoms with Crippen molar-refractivity contribution in [3.8, 4) is 0 Å². The monoisotopic (exact) mass is 480 g/mol. The van der Waals surface area contributed by atoms with E-state index in [1.165, 1.54) is 17.0 Å². The molecule has 7 heteroatoms. The van der Waals surface area contributed by atoms with Gasteiger partial charge in [0.25, 0.3) is 11.7 Å². The van der Waals surface area contributed by atoms with Crippen molar-refractivity contribution in [1.29, 1.82) is 0 Å². The Kier molecular flexibility index (Phi) is 5.95. The molecule has 2 aromatic carbocycles. The number of rotatable bonds is 5. The number of benzene rings is 2. The summed E-state index contributed by atoms with van der Waals surface area (Å²) in [6.45, 7) is 0.217. The molecule has 3 aromatic rings. The lowest BCUT2D eigenvalue weighted by Crippen LogP contribution is -2.32. The molecule has 4 rings (SSSR count). The van der Waals surface area contributed by atoms with E-state index < -0.39 is 17.7 Å². The second-order valence-electron chi connectivity index (χ2n) is 7.13. The number of aromatic nitrogens is 1. The number of pyridine rings is 1. The van der Waals surface area contributed by atoms with Gasteiger partial charge in [-0.2, -0.15) is 0 Å². The third-order valence-electron chi connectivity index (χ3n) is 5.18. The SMILES string of the molecule is O=C1C(=O)N(CCc2ccc(F)cc2)C(c2ccccn2)/C1=C(/O)c1ccc(Br)cc1. The van der Waals surface area contributed by atoms with Crippen molar-refractivity contribution in [1.82, 2.24) is 9.88 Å². The Morgan fingerprint density at radius 3 is 2.39 bits per heavy atom. The summed E-state index contributed by atoms with van der Waals surface area (Å²) in [7, 11) is 0. The average Bonchev–Trinajstić information content (AvgIpc) is 3.04. The lowest BCUT2D eigenvalue weighted by atomic mass is 9.98. The van der Waals surface area contributed by atoms with E-state index in [0.717, 1.165) is 10.0 Å². The number of aliphatic hydroxyl groups excluding tert-OH is 1.